The molecule has 0 saturated carbocycles. The van der Waals surface area contributed by atoms with E-state index in [-0.39, 0.29) is 11.7 Å². The third kappa shape index (κ3) is 6.46. The molecule has 116 valence electrons. The normalized spacial score (nSPS) is 10.6. The van der Waals surface area contributed by atoms with Crippen molar-refractivity contribution >= 4 is 31.8 Å². The molecule has 0 N–H and O–H groups in total. The topological polar surface area (TPSA) is 69.4 Å². The molecule has 0 fully saturated rings. The summed E-state index contributed by atoms with van der Waals surface area (Å²) >= 11 is -2.25. The first-order valence-electron chi connectivity index (χ1n) is 7.53. The summed E-state index contributed by atoms with van der Waals surface area (Å²) < 4.78 is 7.90. The fourth-order valence-corrected chi connectivity index (χ4v) is 9.74. The van der Waals surface area contributed by atoms with Crippen LogP contribution in [0.4, 0.5) is 5.69 Å². The molecule has 21 heavy (non-hydrogen) atoms. The summed E-state index contributed by atoms with van der Waals surface area (Å²) in [5.74, 6) is -0.307. The second-order valence-electron chi connectivity index (χ2n) is 5.12. The van der Waals surface area contributed by atoms with Gasteiger partial charge in [0.15, 0.2) is 0 Å². The van der Waals surface area contributed by atoms with Gasteiger partial charge < -0.3 is 0 Å². The fraction of sp³-hybridized carbons (Fsp3) is 0.533. The fourth-order valence-electron chi connectivity index (χ4n) is 2.06. The van der Waals surface area contributed by atoms with Crippen LogP contribution in [0.15, 0.2) is 24.3 Å². The second-order valence-corrected chi connectivity index (χ2v) is 12.6. The number of nitrogens with zero attached hydrogens (tertiary/aromatic N) is 1. The summed E-state index contributed by atoms with van der Waals surface area (Å²) in [6.45, 7) is 4.28. The maximum absolute atomic E-state index is 12.1. The zero-order valence-electron chi connectivity index (χ0n) is 12.7. The first-order valence-corrected chi connectivity index (χ1v) is 13.5. The third-order valence-corrected chi connectivity index (χ3v) is 10.9. The summed E-state index contributed by atoms with van der Waals surface area (Å²) in [5, 5.41) is 10.6. The van der Waals surface area contributed by atoms with Crippen molar-refractivity contribution in [2.75, 3.05) is 0 Å². The van der Waals surface area contributed by atoms with Crippen LogP contribution < -0.4 is 0 Å². The first kappa shape index (κ1) is 17.9. The van der Waals surface area contributed by atoms with Crippen molar-refractivity contribution in [2.45, 2.75) is 48.4 Å². The van der Waals surface area contributed by atoms with Gasteiger partial charge in [-0.2, -0.15) is 0 Å². The number of nitro groups is 1. The molecular formula is C15H23NO4Sn. The molecule has 0 heterocycles. The molecule has 0 atom stereocenters. The number of benzene rings is 1. The van der Waals surface area contributed by atoms with E-state index >= 15 is 0 Å². The average molecular weight is 400 g/mol. The summed E-state index contributed by atoms with van der Waals surface area (Å²) in [4.78, 5) is 22.2. The predicted octanol–water partition coefficient (Wildman–Crippen LogP) is 4.08. The van der Waals surface area contributed by atoms with Gasteiger partial charge in [0.05, 0.1) is 0 Å². The third-order valence-electron chi connectivity index (χ3n) is 3.35. The van der Waals surface area contributed by atoms with Crippen LogP contribution in [-0.2, 0) is 3.07 Å². The van der Waals surface area contributed by atoms with Crippen molar-refractivity contribution in [3.8, 4) is 0 Å². The van der Waals surface area contributed by atoms with Crippen molar-refractivity contribution in [3.05, 3.63) is 39.9 Å². The minimum atomic E-state index is -2.25. The Kier molecular flexibility index (Phi) is 8.34. The Bertz CT molecular complexity index is 453. The van der Waals surface area contributed by atoms with E-state index in [1.807, 2.05) is 0 Å². The number of carbonyl (C=O) groups excluding carboxylic acids is 1. The number of hydrogen-bond donors (Lipinski definition) is 0. The Hall–Kier alpha value is -1.11. The van der Waals surface area contributed by atoms with E-state index in [0.29, 0.717) is 5.56 Å². The van der Waals surface area contributed by atoms with Gasteiger partial charge in [-0.3, -0.25) is 0 Å². The molecular weight excluding hydrogens is 377 g/mol. The van der Waals surface area contributed by atoms with E-state index in [1.54, 1.807) is 0 Å². The standard InChI is InChI=1S/C7H5NO4.2C4H9.Sn.H/c9-7(10)5-1-3-6(4-2-5)8(11)12;2*1-3-4-2;;/h1-4H,(H,9,10);2*1,3-4H2,2H3;;/q;;;+1;/p-1. The van der Waals surface area contributed by atoms with Gasteiger partial charge in [0.1, 0.15) is 0 Å². The van der Waals surface area contributed by atoms with Crippen LogP contribution in [0.3, 0.4) is 0 Å². The van der Waals surface area contributed by atoms with Crippen LogP contribution in [0.1, 0.15) is 49.9 Å². The van der Waals surface area contributed by atoms with Crippen LogP contribution in [-0.4, -0.2) is 31.1 Å². The number of hydrogen-bond acceptors (Lipinski definition) is 4. The number of nitro benzene ring substituents is 1. The van der Waals surface area contributed by atoms with E-state index in [2.05, 4.69) is 13.8 Å². The molecule has 0 amide bonds. The van der Waals surface area contributed by atoms with Gasteiger partial charge in [0, 0.05) is 0 Å². The molecule has 0 aliphatic heterocycles. The second kappa shape index (κ2) is 9.76. The zero-order valence-corrected chi connectivity index (χ0v) is 16.0. The Morgan fingerprint density at radius 1 is 1.14 bits per heavy atom. The maximum atomic E-state index is 12.1. The van der Waals surface area contributed by atoms with Gasteiger partial charge in [-0.1, -0.05) is 0 Å². The minimum absolute atomic E-state index is 0.0106. The molecule has 0 saturated heterocycles. The van der Waals surface area contributed by atoms with Crippen molar-refractivity contribution in [1.29, 1.82) is 0 Å². The Labute approximate surface area is 133 Å². The molecule has 0 aliphatic rings. The predicted molar refractivity (Wildman–Crippen MR) is 85.1 cm³/mol. The van der Waals surface area contributed by atoms with Gasteiger partial charge in [0.2, 0.25) is 0 Å². The molecule has 0 spiro atoms. The van der Waals surface area contributed by atoms with Crippen LogP contribution in [0.5, 0.6) is 0 Å². The summed E-state index contributed by atoms with van der Waals surface area (Å²) in [6.07, 6.45) is 4.49. The molecule has 6 heteroatoms. The van der Waals surface area contributed by atoms with Gasteiger partial charge in [-0.05, 0) is 0 Å². The zero-order chi connectivity index (χ0) is 15.7. The number of non-ortho nitro benzene ring substituents is 1. The summed E-state index contributed by atoms with van der Waals surface area (Å²) in [6, 6.07) is 5.64. The molecule has 1 aromatic carbocycles. The molecule has 0 aromatic heterocycles. The Morgan fingerprint density at radius 3 is 2.10 bits per heavy atom. The number of carbonyl (C=O) groups is 1. The monoisotopic (exact) mass is 401 g/mol. The number of rotatable bonds is 9. The molecule has 0 radical (unpaired) electrons. The average Bonchev–Trinajstić information content (AvgIpc) is 2.49. The summed E-state index contributed by atoms with van der Waals surface area (Å²) in [7, 11) is 0. The molecule has 0 aliphatic carbocycles. The van der Waals surface area contributed by atoms with Crippen molar-refractivity contribution in [3.63, 3.8) is 0 Å². The SMILES string of the molecule is CCC[CH2][SnH]([CH2]CCC)[O]C(=O)c1ccc([N+](=O)[O-])cc1. The van der Waals surface area contributed by atoms with Crippen LogP contribution in [0, 0.1) is 10.1 Å². The van der Waals surface area contributed by atoms with Crippen LogP contribution in [0.25, 0.3) is 0 Å². The van der Waals surface area contributed by atoms with Gasteiger partial charge in [0.25, 0.3) is 0 Å². The number of unbranched alkanes of at least 4 members (excludes halogenated alkanes) is 2. The first-order chi connectivity index (χ1) is 10.1. The molecule has 0 unspecified atom stereocenters. The van der Waals surface area contributed by atoms with Crippen molar-refractivity contribution < 1.29 is 12.8 Å². The van der Waals surface area contributed by atoms with Crippen molar-refractivity contribution in [1.82, 2.24) is 0 Å². The van der Waals surface area contributed by atoms with Gasteiger partial charge >= 0.3 is 133 Å². The van der Waals surface area contributed by atoms with E-state index in [9.17, 15) is 14.9 Å². The van der Waals surface area contributed by atoms with E-state index in [0.717, 1.165) is 34.6 Å². The van der Waals surface area contributed by atoms with E-state index < -0.39 is 25.1 Å². The molecule has 0 bridgehead atoms. The summed E-state index contributed by atoms with van der Waals surface area (Å²) in [5.41, 5.74) is 0.402. The van der Waals surface area contributed by atoms with E-state index in [1.165, 1.54) is 24.3 Å². The molecule has 5 nitrogen and oxygen atoms in total. The molecule has 1 rings (SSSR count). The van der Waals surface area contributed by atoms with E-state index in [4.69, 9.17) is 3.07 Å². The van der Waals surface area contributed by atoms with Gasteiger partial charge in [-0.15, -0.1) is 0 Å². The van der Waals surface area contributed by atoms with Crippen LogP contribution in [0.2, 0.25) is 8.87 Å². The molecule has 1 aromatic rings. The van der Waals surface area contributed by atoms with Gasteiger partial charge in [-0.25, -0.2) is 0 Å². The Morgan fingerprint density at radius 2 is 1.67 bits per heavy atom. The Balaban J connectivity index is 2.64. The van der Waals surface area contributed by atoms with Crippen LogP contribution >= 0.6 is 0 Å². The quantitative estimate of drug-likeness (QED) is 0.356. The van der Waals surface area contributed by atoms with Crippen molar-refractivity contribution in [2.24, 2.45) is 0 Å².